The predicted octanol–water partition coefficient (Wildman–Crippen LogP) is 14.5. The van der Waals surface area contributed by atoms with Crippen molar-refractivity contribution in [2.75, 3.05) is 0 Å². The number of fused-ring (bicyclic) bond motifs is 12. The Morgan fingerprint density at radius 1 is 0.276 bits per heavy atom. The van der Waals surface area contributed by atoms with Crippen LogP contribution in [0.15, 0.2) is 205 Å². The van der Waals surface area contributed by atoms with Gasteiger partial charge in [0.05, 0.1) is 38.8 Å². The van der Waals surface area contributed by atoms with Crippen molar-refractivity contribution in [3.05, 3.63) is 200 Å². The molecule has 4 aromatic heterocycles. The Labute approximate surface area is 332 Å². The SMILES string of the molecule is c1ccc2c(c1)oc1c(-n3c4ccccc4c4ccc(-c5cc(-n6c7ccccc7c7ccccc76)cc(-n6c7ccccc7c7ccccc76)c5)cc43)cccc12. The van der Waals surface area contributed by atoms with Crippen molar-refractivity contribution in [1.29, 1.82) is 0 Å². The highest BCUT2D eigenvalue weighted by Crippen LogP contribution is 2.41. The largest absolute Gasteiger partial charge is 0.454 e. The van der Waals surface area contributed by atoms with E-state index >= 15 is 0 Å². The molecule has 0 aliphatic rings. The lowest BCUT2D eigenvalue weighted by Crippen LogP contribution is -2.00. The molecule has 0 amide bonds. The average molecular weight is 740 g/mol. The van der Waals surface area contributed by atoms with Crippen molar-refractivity contribution < 1.29 is 4.42 Å². The second-order valence-corrected chi connectivity index (χ2v) is 15.3. The maximum absolute atomic E-state index is 6.65. The molecule has 0 saturated carbocycles. The standard InChI is InChI=1S/C54H33N3O/c1-7-21-46-38(14-1)39-15-2-8-22-47(39)55(46)36-30-35(31-37(33-36)56-48-23-9-3-16-40(48)41-17-4-10-24-49(41)56)34-28-29-43-42-18-5-11-25-50(42)57(52(43)32-34)51-26-13-20-45-44-19-6-12-27-53(44)58-54(45)51/h1-33H. The summed E-state index contributed by atoms with van der Waals surface area (Å²) in [4.78, 5) is 0. The van der Waals surface area contributed by atoms with Gasteiger partial charge in [-0.05, 0) is 77.9 Å². The molecule has 9 aromatic carbocycles. The van der Waals surface area contributed by atoms with Gasteiger partial charge >= 0.3 is 0 Å². The molecule has 0 saturated heterocycles. The van der Waals surface area contributed by atoms with E-state index in [0.717, 1.165) is 61.2 Å². The lowest BCUT2D eigenvalue weighted by molar-refractivity contribution is 0.666. The first-order valence-corrected chi connectivity index (χ1v) is 19.8. The van der Waals surface area contributed by atoms with Crippen LogP contribution in [0.4, 0.5) is 0 Å². The van der Waals surface area contributed by atoms with Crippen molar-refractivity contribution in [2.24, 2.45) is 0 Å². The molecule has 13 aromatic rings. The van der Waals surface area contributed by atoms with Crippen LogP contribution in [0.5, 0.6) is 0 Å². The maximum atomic E-state index is 6.65. The molecule has 0 fully saturated rings. The Balaban J connectivity index is 1.12. The monoisotopic (exact) mass is 739 g/mol. The summed E-state index contributed by atoms with van der Waals surface area (Å²) >= 11 is 0. The highest BCUT2D eigenvalue weighted by Gasteiger charge is 2.20. The number of aromatic nitrogens is 3. The summed E-state index contributed by atoms with van der Waals surface area (Å²) < 4.78 is 13.9. The zero-order chi connectivity index (χ0) is 37.9. The number of hydrogen-bond donors (Lipinski definition) is 0. The number of nitrogens with zero attached hydrogens (tertiary/aromatic N) is 3. The lowest BCUT2D eigenvalue weighted by atomic mass is 10.0. The van der Waals surface area contributed by atoms with E-state index in [1.54, 1.807) is 0 Å². The number of hydrogen-bond acceptors (Lipinski definition) is 1. The minimum atomic E-state index is 0.888. The van der Waals surface area contributed by atoms with Crippen LogP contribution in [-0.2, 0) is 0 Å². The fraction of sp³-hybridized carbons (Fsp3) is 0. The molecule has 0 spiro atoms. The van der Waals surface area contributed by atoms with E-state index in [0.29, 0.717) is 0 Å². The van der Waals surface area contributed by atoms with E-state index in [2.05, 4.69) is 208 Å². The van der Waals surface area contributed by atoms with Gasteiger partial charge in [0.1, 0.15) is 5.58 Å². The molecule has 0 N–H and O–H groups in total. The van der Waals surface area contributed by atoms with Crippen LogP contribution in [0.2, 0.25) is 0 Å². The normalized spacial score (nSPS) is 12.1. The Morgan fingerprint density at radius 3 is 1.24 bits per heavy atom. The van der Waals surface area contributed by atoms with E-state index in [1.165, 1.54) is 54.4 Å². The van der Waals surface area contributed by atoms with Crippen LogP contribution in [0, 0.1) is 0 Å². The summed E-state index contributed by atoms with van der Waals surface area (Å²) in [5.74, 6) is 0. The molecule has 0 radical (unpaired) electrons. The minimum absolute atomic E-state index is 0.888. The third kappa shape index (κ3) is 4.34. The first kappa shape index (κ1) is 31.4. The molecule has 0 unspecified atom stereocenters. The molecule has 4 nitrogen and oxygen atoms in total. The van der Waals surface area contributed by atoms with Crippen LogP contribution in [0.1, 0.15) is 0 Å². The van der Waals surface area contributed by atoms with Crippen LogP contribution in [0.25, 0.3) is 116 Å². The van der Waals surface area contributed by atoms with Gasteiger partial charge in [0.2, 0.25) is 0 Å². The molecule has 58 heavy (non-hydrogen) atoms. The Kier molecular flexibility index (Phi) is 6.41. The van der Waals surface area contributed by atoms with Gasteiger partial charge in [-0.2, -0.15) is 0 Å². The van der Waals surface area contributed by atoms with Crippen LogP contribution >= 0.6 is 0 Å². The summed E-state index contributed by atoms with van der Waals surface area (Å²) in [5.41, 5.74) is 14.3. The average Bonchev–Trinajstić information content (AvgIpc) is 4.03. The van der Waals surface area contributed by atoms with Gasteiger partial charge in [-0.1, -0.05) is 133 Å². The van der Waals surface area contributed by atoms with E-state index in [-0.39, 0.29) is 0 Å². The fourth-order valence-electron chi connectivity index (χ4n) is 9.74. The van der Waals surface area contributed by atoms with Gasteiger partial charge in [0.15, 0.2) is 5.58 Å². The van der Waals surface area contributed by atoms with Crippen LogP contribution in [-0.4, -0.2) is 13.7 Å². The van der Waals surface area contributed by atoms with Gasteiger partial charge in [0.25, 0.3) is 0 Å². The molecule has 4 heterocycles. The maximum Gasteiger partial charge on any atom is 0.159 e. The highest BCUT2D eigenvalue weighted by molar-refractivity contribution is 6.14. The Morgan fingerprint density at radius 2 is 0.707 bits per heavy atom. The number of rotatable bonds is 4. The van der Waals surface area contributed by atoms with E-state index in [1.807, 2.05) is 6.07 Å². The molecule has 13 rings (SSSR count). The fourth-order valence-corrected chi connectivity index (χ4v) is 9.74. The van der Waals surface area contributed by atoms with Crippen molar-refractivity contribution >= 4 is 87.4 Å². The quantitative estimate of drug-likeness (QED) is 0.177. The third-order valence-electron chi connectivity index (χ3n) is 12.2. The summed E-state index contributed by atoms with van der Waals surface area (Å²) in [6.07, 6.45) is 0. The predicted molar refractivity (Wildman–Crippen MR) is 242 cm³/mol. The van der Waals surface area contributed by atoms with Crippen molar-refractivity contribution in [1.82, 2.24) is 13.7 Å². The van der Waals surface area contributed by atoms with Gasteiger partial charge < -0.3 is 18.1 Å². The van der Waals surface area contributed by atoms with Gasteiger partial charge in [-0.15, -0.1) is 0 Å². The number of benzene rings is 9. The van der Waals surface area contributed by atoms with Gasteiger partial charge in [-0.25, -0.2) is 0 Å². The summed E-state index contributed by atoms with van der Waals surface area (Å²) in [7, 11) is 0. The first-order valence-electron chi connectivity index (χ1n) is 19.8. The van der Waals surface area contributed by atoms with E-state index in [4.69, 9.17) is 4.42 Å². The van der Waals surface area contributed by atoms with Crippen LogP contribution in [0.3, 0.4) is 0 Å². The molecule has 0 aliphatic carbocycles. The summed E-state index contributed by atoms with van der Waals surface area (Å²) in [6, 6.07) is 72.6. The van der Waals surface area contributed by atoms with E-state index in [9.17, 15) is 0 Å². The molecule has 0 atom stereocenters. The molecule has 270 valence electrons. The third-order valence-corrected chi connectivity index (χ3v) is 12.2. The van der Waals surface area contributed by atoms with Crippen LogP contribution < -0.4 is 0 Å². The smallest absolute Gasteiger partial charge is 0.159 e. The highest BCUT2D eigenvalue weighted by atomic mass is 16.3. The van der Waals surface area contributed by atoms with Crippen molar-refractivity contribution in [3.8, 4) is 28.2 Å². The number of furan rings is 1. The molecule has 0 aliphatic heterocycles. The molecular formula is C54H33N3O. The Bertz CT molecular complexity index is 3580. The minimum Gasteiger partial charge on any atom is -0.454 e. The zero-order valence-corrected chi connectivity index (χ0v) is 31.3. The van der Waals surface area contributed by atoms with Gasteiger partial charge in [0, 0.05) is 54.5 Å². The second-order valence-electron chi connectivity index (χ2n) is 15.3. The topological polar surface area (TPSA) is 27.9 Å². The second kappa shape index (κ2) is 11.8. The summed E-state index contributed by atoms with van der Waals surface area (Å²) in [6.45, 7) is 0. The first-order chi connectivity index (χ1) is 28.8. The molecular weight excluding hydrogens is 707 g/mol. The van der Waals surface area contributed by atoms with Crippen molar-refractivity contribution in [2.45, 2.75) is 0 Å². The Hall–Kier alpha value is -7.82. The lowest BCUT2D eigenvalue weighted by Gasteiger charge is -2.16. The zero-order valence-electron chi connectivity index (χ0n) is 31.3. The van der Waals surface area contributed by atoms with E-state index < -0.39 is 0 Å². The molecule has 0 bridgehead atoms. The van der Waals surface area contributed by atoms with Crippen molar-refractivity contribution in [3.63, 3.8) is 0 Å². The number of para-hydroxylation sites is 7. The van der Waals surface area contributed by atoms with Gasteiger partial charge in [-0.3, -0.25) is 0 Å². The summed E-state index contributed by atoms with van der Waals surface area (Å²) in [5, 5.41) is 9.63. The molecule has 4 heteroatoms.